The largest absolute Gasteiger partial charge is 0.310 e. The molecule has 0 amide bonds. The Bertz CT molecular complexity index is 2860. The summed E-state index contributed by atoms with van der Waals surface area (Å²) < 4.78 is 0. The van der Waals surface area contributed by atoms with Gasteiger partial charge in [0.2, 0.25) is 0 Å². The Kier molecular flexibility index (Phi) is 7.36. The summed E-state index contributed by atoms with van der Waals surface area (Å²) in [5.41, 5.74) is 24.4. The minimum Gasteiger partial charge on any atom is -0.310 e. The topological polar surface area (TPSA) is 3.24 Å². The molecule has 3 aliphatic rings. The summed E-state index contributed by atoms with van der Waals surface area (Å²) in [7, 11) is 0. The van der Waals surface area contributed by atoms with Gasteiger partial charge >= 0.3 is 0 Å². The van der Waals surface area contributed by atoms with Crippen molar-refractivity contribution in [2.45, 2.75) is 57.8 Å². The lowest BCUT2D eigenvalue weighted by atomic mass is 9.78. The third-order valence-corrected chi connectivity index (χ3v) is 13.8. The molecule has 0 heterocycles. The summed E-state index contributed by atoms with van der Waals surface area (Å²) >= 11 is 0. The van der Waals surface area contributed by atoms with Crippen LogP contribution in [0.4, 0.5) is 17.1 Å². The minimum absolute atomic E-state index is 0.110. The Hall–Kier alpha value is -6.44. The van der Waals surface area contributed by atoms with Gasteiger partial charge < -0.3 is 4.90 Å². The van der Waals surface area contributed by atoms with Crippen LogP contribution in [0, 0.1) is 0 Å². The van der Waals surface area contributed by atoms with Crippen molar-refractivity contribution in [3.05, 3.63) is 209 Å². The third-order valence-electron chi connectivity index (χ3n) is 13.8. The molecule has 8 aromatic rings. The maximum absolute atomic E-state index is 2.52. The number of fused-ring (bicyclic) bond motifs is 9. The van der Waals surface area contributed by atoms with Crippen LogP contribution >= 0.6 is 0 Å². The van der Waals surface area contributed by atoms with Crippen LogP contribution in [0.15, 0.2) is 176 Å². The van der Waals surface area contributed by atoms with Gasteiger partial charge in [-0.1, -0.05) is 169 Å². The molecule has 8 aromatic carbocycles. The maximum atomic E-state index is 2.52. The molecular weight excluding hydrogens is 699 g/mol. The summed E-state index contributed by atoms with van der Waals surface area (Å²) in [5.74, 6) is 0. The number of rotatable bonds is 5. The van der Waals surface area contributed by atoms with E-state index in [0.717, 1.165) is 0 Å². The molecule has 3 aliphatic carbocycles. The van der Waals surface area contributed by atoms with Gasteiger partial charge in [-0.05, 0) is 138 Å². The van der Waals surface area contributed by atoms with Gasteiger partial charge in [-0.15, -0.1) is 0 Å². The Morgan fingerprint density at radius 3 is 1.16 bits per heavy atom. The first-order chi connectivity index (χ1) is 28.0. The zero-order valence-corrected chi connectivity index (χ0v) is 34.2. The monoisotopic (exact) mass is 745 g/mol. The molecular formula is C57H47N. The number of hydrogen-bond donors (Lipinski definition) is 0. The first-order valence-corrected chi connectivity index (χ1v) is 20.8. The van der Waals surface area contributed by atoms with Crippen LogP contribution in [-0.4, -0.2) is 0 Å². The van der Waals surface area contributed by atoms with Crippen molar-refractivity contribution < 1.29 is 0 Å². The van der Waals surface area contributed by atoms with Crippen molar-refractivity contribution in [3.8, 4) is 55.6 Å². The summed E-state index contributed by atoms with van der Waals surface area (Å²) in [6, 6.07) is 66.1. The third kappa shape index (κ3) is 4.89. The van der Waals surface area contributed by atoms with E-state index in [0.29, 0.717) is 0 Å². The summed E-state index contributed by atoms with van der Waals surface area (Å²) in [4.78, 5) is 2.52. The van der Waals surface area contributed by atoms with Crippen LogP contribution in [0.2, 0.25) is 0 Å². The molecule has 280 valence electrons. The molecule has 0 N–H and O–H groups in total. The zero-order valence-electron chi connectivity index (χ0n) is 34.2. The van der Waals surface area contributed by atoms with Gasteiger partial charge in [0.05, 0.1) is 0 Å². The van der Waals surface area contributed by atoms with Crippen molar-refractivity contribution >= 4 is 17.1 Å². The molecule has 0 bridgehead atoms. The fourth-order valence-electron chi connectivity index (χ4n) is 10.8. The van der Waals surface area contributed by atoms with Gasteiger partial charge in [-0.25, -0.2) is 0 Å². The Labute approximate surface area is 343 Å². The highest BCUT2D eigenvalue weighted by Gasteiger charge is 2.41. The average molecular weight is 746 g/mol. The molecule has 0 radical (unpaired) electrons. The molecule has 0 spiro atoms. The predicted molar refractivity (Wildman–Crippen MR) is 245 cm³/mol. The van der Waals surface area contributed by atoms with E-state index in [2.05, 4.69) is 222 Å². The van der Waals surface area contributed by atoms with Crippen LogP contribution in [0.25, 0.3) is 55.6 Å². The van der Waals surface area contributed by atoms with Crippen molar-refractivity contribution in [1.82, 2.24) is 0 Å². The highest BCUT2D eigenvalue weighted by atomic mass is 15.1. The van der Waals surface area contributed by atoms with Crippen LogP contribution < -0.4 is 4.90 Å². The van der Waals surface area contributed by atoms with E-state index in [9.17, 15) is 0 Å². The molecule has 0 atom stereocenters. The maximum Gasteiger partial charge on any atom is 0.0465 e. The first-order valence-electron chi connectivity index (χ1n) is 20.8. The Morgan fingerprint density at radius 1 is 0.276 bits per heavy atom. The van der Waals surface area contributed by atoms with E-state index in [-0.39, 0.29) is 16.2 Å². The molecule has 0 unspecified atom stereocenters. The van der Waals surface area contributed by atoms with Crippen LogP contribution in [0.1, 0.15) is 74.9 Å². The second-order valence-electron chi connectivity index (χ2n) is 18.2. The molecule has 58 heavy (non-hydrogen) atoms. The molecule has 0 saturated heterocycles. The molecule has 0 fully saturated rings. The normalized spacial score (nSPS) is 15.5. The van der Waals surface area contributed by atoms with E-state index in [4.69, 9.17) is 0 Å². The SMILES string of the molecule is CC1(C)c2ccccc2-c2ccc(N(c3ccc4c(c3)C(C)(C)c3ccccc3-4)c3ccc4c(c3)C(C)(C)c3c(-c5ccccc5)cc(-c5ccccc5)cc3-4)cc21. The second-order valence-corrected chi connectivity index (χ2v) is 18.2. The number of hydrogen-bond acceptors (Lipinski definition) is 1. The first kappa shape index (κ1) is 34.8. The van der Waals surface area contributed by atoms with E-state index >= 15 is 0 Å². The lowest BCUT2D eigenvalue weighted by Gasteiger charge is -2.31. The van der Waals surface area contributed by atoms with Crippen LogP contribution in [0.5, 0.6) is 0 Å². The summed E-state index contributed by atoms with van der Waals surface area (Å²) in [6.07, 6.45) is 0. The molecule has 1 nitrogen and oxygen atoms in total. The van der Waals surface area contributed by atoms with E-state index < -0.39 is 0 Å². The van der Waals surface area contributed by atoms with E-state index in [1.54, 1.807) is 0 Å². The van der Waals surface area contributed by atoms with Gasteiger partial charge in [0.25, 0.3) is 0 Å². The van der Waals surface area contributed by atoms with E-state index in [1.807, 2.05) is 0 Å². The summed E-state index contributed by atoms with van der Waals surface area (Å²) in [5, 5.41) is 0. The lowest BCUT2D eigenvalue weighted by Crippen LogP contribution is -2.19. The number of anilines is 3. The molecule has 11 rings (SSSR count). The Morgan fingerprint density at radius 2 is 0.655 bits per heavy atom. The number of nitrogens with zero attached hydrogens (tertiary/aromatic N) is 1. The zero-order chi connectivity index (χ0) is 39.6. The van der Waals surface area contributed by atoms with Gasteiger partial charge in [0.15, 0.2) is 0 Å². The average Bonchev–Trinajstić information content (AvgIpc) is 3.73. The molecule has 1 heteroatoms. The van der Waals surface area contributed by atoms with Gasteiger partial charge in [-0.3, -0.25) is 0 Å². The quantitative estimate of drug-likeness (QED) is 0.170. The predicted octanol–water partition coefficient (Wildman–Crippen LogP) is 15.4. The highest BCUT2D eigenvalue weighted by Crippen LogP contribution is 2.57. The van der Waals surface area contributed by atoms with Gasteiger partial charge in [0, 0.05) is 33.3 Å². The standard InChI is InChI=1S/C57H47N/c1-55(2)49-23-15-13-21-42(49)44-28-25-39(33-51(44)55)58(40-26-29-45-43-22-14-16-24-50(43)56(3,4)52(45)34-40)41-27-30-46-48-32-38(36-17-9-7-10-18-36)31-47(37-19-11-8-12-20-37)54(48)57(5,6)53(46)35-41/h7-35H,1-6H3. The second kappa shape index (κ2) is 12.3. The molecule has 0 saturated carbocycles. The van der Waals surface area contributed by atoms with Crippen LogP contribution in [0.3, 0.4) is 0 Å². The van der Waals surface area contributed by atoms with Gasteiger partial charge in [-0.2, -0.15) is 0 Å². The van der Waals surface area contributed by atoms with Crippen molar-refractivity contribution in [2.24, 2.45) is 0 Å². The Balaban J connectivity index is 1.12. The smallest absolute Gasteiger partial charge is 0.0465 e. The molecule has 0 aliphatic heterocycles. The highest BCUT2D eigenvalue weighted by molar-refractivity contribution is 5.94. The van der Waals surface area contributed by atoms with Gasteiger partial charge in [0.1, 0.15) is 0 Å². The van der Waals surface area contributed by atoms with Crippen molar-refractivity contribution in [2.75, 3.05) is 4.90 Å². The fraction of sp³-hybridized carbons (Fsp3) is 0.158. The number of benzene rings is 8. The van der Waals surface area contributed by atoms with Crippen molar-refractivity contribution in [1.29, 1.82) is 0 Å². The molecule has 0 aromatic heterocycles. The fourth-order valence-corrected chi connectivity index (χ4v) is 10.8. The van der Waals surface area contributed by atoms with Crippen molar-refractivity contribution in [3.63, 3.8) is 0 Å². The van der Waals surface area contributed by atoms with E-state index in [1.165, 1.54) is 106 Å². The minimum atomic E-state index is -0.240. The lowest BCUT2D eigenvalue weighted by molar-refractivity contribution is 0.660. The van der Waals surface area contributed by atoms with Crippen LogP contribution in [-0.2, 0) is 16.2 Å². The summed E-state index contributed by atoms with van der Waals surface area (Å²) in [6.45, 7) is 14.4.